The van der Waals surface area contributed by atoms with Crippen molar-refractivity contribution in [1.29, 1.82) is 0 Å². The summed E-state index contributed by atoms with van der Waals surface area (Å²) in [4.78, 5) is 18.3. The Hall–Kier alpha value is -3.23. The Morgan fingerprint density at radius 2 is 1.96 bits per heavy atom. The number of anilines is 1. The Bertz CT molecular complexity index is 957. The molecule has 148 valence electrons. The van der Waals surface area contributed by atoms with Crippen LogP contribution in [-0.2, 0) is 6.54 Å². The Kier molecular flexibility index (Phi) is 5.72. The maximum atomic E-state index is 12.4. The third kappa shape index (κ3) is 4.54. The number of amides is 2. The highest BCUT2D eigenvalue weighted by atomic mass is 19.3. The first-order valence-corrected chi connectivity index (χ1v) is 8.72. The number of carbonyl (C=O) groups excluding carboxylic acids is 1. The molecule has 7 nitrogen and oxygen atoms in total. The first-order valence-electron chi connectivity index (χ1n) is 8.72. The molecule has 0 spiro atoms. The van der Waals surface area contributed by atoms with Crippen LogP contribution in [0.15, 0.2) is 42.7 Å². The highest BCUT2D eigenvalue weighted by molar-refractivity contribution is 5.91. The number of ether oxygens (including phenoxy) is 1. The fourth-order valence-electron chi connectivity index (χ4n) is 2.73. The van der Waals surface area contributed by atoms with Crippen molar-refractivity contribution in [3.05, 3.63) is 48.3 Å². The number of alkyl halides is 2. The van der Waals surface area contributed by atoms with Gasteiger partial charge in [-0.05, 0) is 37.6 Å². The van der Waals surface area contributed by atoms with Crippen molar-refractivity contribution >= 4 is 22.8 Å². The molecule has 0 bridgehead atoms. The normalized spacial score (nSPS) is 11.2. The molecule has 0 aliphatic carbocycles. The van der Waals surface area contributed by atoms with Gasteiger partial charge in [0.15, 0.2) is 5.65 Å². The van der Waals surface area contributed by atoms with Crippen LogP contribution in [0.5, 0.6) is 5.75 Å². The van der Waals surface area contributed by atoms with Crippen LogP contribution in [0.25, 0.3) is 11.0 Å². The van der Waals surface area contributed by atoms with Crippen molar-refractivity contribution < 1.29 is 18.3 Å². The predicted molar refractivity (Wildman–Crippen MR) is 101 cm³/mol. The Morgan fingerprint density at radius 3 is 2.61 bits per heavy atom. The second-order valence-electron chi connectivity index (χ2n) is 6.63. The van der Waals surface area contributed by atoms with Gasteiger partial charge >= 0.3 is 12.6 Å². The maximum Gasteiger partial charge on any atom is 0.387 e. The smallest absolute Gasteiger partial charge is 0.387 e. The first kappa shape index (κ1) is 19.5. The molecule has 3 rings (SSSR count). The van der Waals surface area contributed by atoms with Crippen LogP contribution < -0.4 is 10.1 Å². The molecule has 0 aliphatic heterocycles. The molecule has 28 heavy (non-hydrogen) atoms. The summed E-state index contributed by atoms with van der Waals surface area (Å²) in [7, 11) is 1.64. The molecule has 1 N–H and O–H groups in total. The van der Waals surface area contributed by atoms with Gasteiger partial charge in [-0.1, -0.05) is 12.1 Å². The van der Waals surface area contributed by atoms with E-state index in [4.69, 9.17) is 0 Å². The standard InChI is InChI=1S/C19H21F2N5O2/c1-12(2)26-17-14(9-23-26)8-15(10-22-17)24-19(27)25(3)11-13-4-6-16(7-5-13)28-18(20)21/h4-10,12,18H,11H2,1-3H3,(H,24,27). The molecular weight excluding hydrogens is 368 g/mol. The molecule has 0 aliphatic rings. The van der Waals surface area contributed by atoms with Gasteiger partial charge < -0.3 is 15.0 Å². The summed E-state index contributed by atoms with van der Waals surface area (Å²) in [6.45, 7) is 1.48. The predicted octanol–water partition coefficient (Wildman–Crippen LogP) is 4.28. The number of hydrogen-bond donors (Lipinski definition) is 1. The third-order valence-electron chi connectivity index (χ3n) is 4.09. The van der Waals surface area contributed by atoms with E-state index >= 15 is 0 Å². The van der Waals surface area contributed by atoms with Gasteiger partial charge in [0.1, 0.15) is 5.75 Å². The number of carbonyl (C=O) groups is 1. The van der Waals surface area contributed by atoms with E-state index in [-0.39, 0.29) is 17.8 Å². The number of nitrogens with zero attached hydrogens (tertiary/aromatic N) is 4. The molecule has 9 heteroatoms. The fourth-order valence-corrected chi connectivity index (χ4v) is 2.73. The fraction of sp³-hybridized carbons (Fsp3) is 0.316. The first-order chi connectivity index (χ1) is 13.3. The number of benzene rings is 1. The monoisotopic (exact) mass is 389 g/mol. The Balaban J connectivity index is 1.63. The molecule has 2 amide bonds. The SMILES string of the molecule is CC(C)n1ncc2cc(NC(=O)N(C)Cc3ccc(OC(F)F)cc3)cnc21. The molecule has 2 aromatic heterocycles. The average Bonchev–Trinajstić information content (AvgIpc) is 3.06. The minimum Gasteiger partial charge on any atom is -0.435 e. The lowest BCUT2D eigenvalue weighted by Gasteiger charge is -2.18. The minimum absolute atomic E-state index is 0.0761. The second-order valence-corrected chi connectivity index (χ2v) is 6.63. The van der Waals surface area contributed by atoms with Crippen LogP contribution in [0.1, 0.15) is 25.5 Å². The molecular formula is C19H21F2N5O2. The van der Waals surface area contributed by atoms with Gasteiger partial charge in [0.2, 0.25) is 0 Å². The van der Waals surface area contributed by atoms with Crippen LogP contribution >= 0.6 is 0 Å². The molecule has 0 unspecified atom stereocenters. The molecule has 1 aromatic carbocycles. The van der Waals surface area contributed by atoms with E-state index in [1.807, 2.05) is 24.6 Å². The van der Waals surface area contributed by atoms with Gasteiger partial charge in [-0.3, -0.25) is 0 Å². The highest BCUT2D eigenvalue weighted by Gasteiger charge is 2.13. The number of halogens is 2. The van der Waals surface area contributed by atoms with Gasteiger partial charge in [-0.15, -0.1) is 0 Å². The topological polar surface area (TPSA) is 72.3 Å². The second kappa shape index (κ2) is 8.20. The summed E-state index contributed by atoms with van der Waals surface area (Å²) in [6.07, 6.45) is 3.30. The van der Waals surface area contributed by atoms with Crippen LogP contribution in [0, 0.1) is 0 Å². The minimum atomic E-state index is -2.86. The summed E-state index contributed by atoms with van der Waals surface area (Å²) >= 11 is 0. The lowest BCUT2D eigenvalue weighted by Crippen LogP contribution is -2.30. The van der Waals surface area contributed by atoms with E-state index < -0.39 is 6.61 Å². The number of rotatable bonds is 6. The number of aromatic nitrogens is 3. The van der Waals surface area contributed by atoms with Gasteiger partial charge in [-0.25, -0.2) is 14.5 Å². The van der Waals surface area contributed by atoms with Crippen LogP contribution in [-0.4, -0.2) is 39.4 Å². The van der Waals surface area contributed by atoms with E-state index in [0.717, 1.165) is 16.6 Å². The molecule has 2 heterocycles. The zero-order chi connectivity index (χ0) is 20.3. The highest BCUT2D eigenvalue weighted by Crippen LogP contribution is 2.20. The van der Waals surface area contributed by atoms with E-state index in [9.17, 15) is 13.6 Å². The van der Waals surface area contributed by atoms with Gasteiger partial charge in [-0.2, -0.15) is 13.9 Å². The molecule has 0 saturated heterocycles. The number of pyridine rings is 1. The van der Waals surface area contributed by atoms with Crippen molar-refractivity contribution in [2.75, 3.05) is 12.4 Å². The Morgan fingerprint density at radius 1 is 1.25 bits per heavy atom. The van der Waals surface area contributed by atoms with Crippen LogP contribution in [0.2, 0.25) is 0 Å². The van der Waals surface area contributed by atoms with E-state index in [1.54, 1.807) is 31.6 Å². The van der Waals surface area contributed by atoms with E-state index in [2.05, 4.69) is 20.1 Å². The molecule has 3 aromatic rings. The quantitative estimate of drug-likeness (QED) is 0.683. The van der Waals surface area contributed by atoms with Gasteiger partial charge in [0.05, 0.1) is 18.1 Å². The summed E-state index contributed by atoms with van der Waals surface area (Å²) in [5.41, 5.74) is 2.10. The number of urea groups is 1. The largest absolute Gasteiger partial charge is 0.435 e. The van der Waals surface area contributed by atoms with Gasteiger partial charge in [0, 0.05) is 25.0 Å². The number of nitrogens with one attached hydrogen (secondary N) is 1. The zero-order valence-corrected chi connectivity index (χ0v) is 15.8. The average molecular weight is 389 g/mol. The summed E-state index contributed by atoms with van der Waals surface area (Å²) < 4.78 is 30.5. The lowest BCUT2D eigenvalue weighted by atomic mass is 10.2. The number of hydrogen-bond acceptors (Lipinski definition) is 4. The van der Waals surface area contributed by atoms with Gasteiger partial charge in [0.25, 0.3) is 0 Å². The Labute approximate surface area is 160 Å². The van der Waals surface area contributed by atoms with Crippen molar-refractivity contribution in [3.8, 4) is 5.75 Å². The van der Waals surface area contributed by atoms with E-state index in [1.165, 1.54) is 17.0 Å². The lowest BCUT2D eigenvalue weighted by molar-refractivity contribution is -0.0498. The third-order valence-corrected chi connectivity index (χ3v) is 4.09. The van der Waals surface area contributed by atoms with Crippen LogP contribution in [0.3, 0.4) is 0 Å². The van der Waals surface area contributed by atoms with Crippen LogP contribution in [0.4, 0.5) is 19.3 Å². The summed E-state index contributed by atoms with van der Waals surface area (Å²) in [5.74, 6) is 0.0761. The molecule has 0 saturated carbocycles. The number of fused-ring (bicyclic) bond motifs is 1. The van der Waals surface area contributed by atoms with Crippen molar-refractivity contribution in [1.82, 2.24) is 19.7 Å². The molecule has 0 atom stereocenters. The molecule has 0 fully saturated rings. The van der Waals surface area contributed by atoms with Crippen molar-refractivity contribution in [2.24, 2.45) is 0 Å². The van der Waals surface area contributed by atoms with E-state index in [0.29, 0.717) is 12.2 Å². The van der Waals surface area contributed by atoms with Crippen molar-refractivity contribution in [2.45, 2.75) is 33.0 Å². The summed E-state index contributed by atoms with van der Waals surface area (Å²) in [5, 5.41) is 7.94. The maximum absolute atomic E-state index is 12.4. The summed E-state index contributed by atoms with van der Waals surface area (Å²) in [6, 6.07) is 7.84. The van der Waals surface area contributed by atoms with Crippen molar-refractivity contribution in [3.63, 3.8) is 0 Å². The zero-order valence-electron chi connectivity index (χ0n) is 15.8. The molecule has 0 radical (unpaired) electrons.